The molecule has 4 rings (SSSR count). The third-order valence-electron chi connectivity index (χ3n) is 4.59. The van der Waals surface area contributed by atoms with E-state index in [1.54, 1.807) is 17.5 Å². The Morgan fingerprint density at radius 1 is 1.23 bits per heavy atom. The fourth-order valence-electron chi connectivity index (χ4n) is 3.29. The predicted octanol–water partition coefficient (Wildman–Crippen LogP) is 2.52. The monoisotopic (exact) mass is 369 g/mol. The third-order valence-corrected chi connectivity index (χ3v) is 5.79. The predicted molar refractivity (Wildman–Crippen MR) is 99.4 cm³/mol. The van der Waals surface area contributed by atoms with Gasteiger partial charge >= 0.3 is 5.97 Å². The largest absolute Gasteiger partial charge is 0.464 e. The number of carbonyl (C=O) groups is 1. The standard InChI is InChI=1S/C19H19N3O3S/c23-16(25-10-8-13-5-3-4-9-20-13)11-22-12-21-18-17(19(22)24)14-6-1-2-7-15(14)26-18/h3-5,9,12H,1-2,6-8,10-11H2. The molecule has 0 spiro atoms. The van der Waals surface area contributed by atoms with Gasteiger partial charge in [0.05, 0.1) is 18.3 Å². The Labute approximate surface area is 154 Å². The maximum absolute atomic E-state index is 12.8. The SMILES string of the molecule is O=C(Cn1cnc2sc3c(c2c1=O)CCCC3)OCCc1ccccn1. The van der Waals surface area contributed by atoms with Crippen LogP contribution in [0.2, 0.25) is 0 Å². The number of aromatic nitrogens is 3. The van der Waals surface area contributed by atoms with Crippen LogP contribution in [0.25, 0.3) is 10.2 Å². The van der Waals surface area contributed by atoms with Crippen LogP contribution in [0.3, 0.4) is 0 Å². The van der Waals surface area contributed by atoms with Crippen LogP contribution < -0.4 is 5.56 Å². The zero-order chi connectivity index (χ0) is 17.9. The van der Waals surface area contributed by atoms with Gasteiger partial charge in [0, 0.05) is 23.2 Å². The first-order chi connectivity index (χ1) is 12.7. The third kappa shape index (κ3) is 3.39. The molecular weight excluding hydrogens is 350 g/mol. The second-order valence-electron chi connectivity index (χ2n) is 6.36. The number of carbonyl (C=O) groups excluding carboxylic acids is 1. The van der Waals surface area contributed by atoms with E-state index in [1.807, 2.05) is 18.2 Å². The van der Waals surface area contributed by atoms with Gasteiger partial charge in [-0.15, -0.1) is 11.3 Å². The Bertz CT molecular complexity index is 994. The molecule has 3 heterocycles. The number of ether oxygens (including phenoxy) is 1. The van der Waals surface area contributed by atoms with E-state index in [-0.39, 0.29) is 18.7 Å². The van der Waals surface area contributed by atoms with Crippen molar-refractivity contribution in [1.82, 2.24) is 14.5 Å². The van der Waals surface area contributed by atoms with Crippen molar-refractivity contribution in [3.05, 3.63) is 57.2 Å². The van der Waals surface area contributed by atoms with Gasteiger partial charge < -0.3 is 4.74 Å². The Hall–Kier alpha value is -2.54. The molecule has 0 saturated carbocycles. The van der Waals surface area contributed by atoms with Gasteiger partial charge in [-0.05, 0) is 43.4 Å². The highest BCUT2D eigenvalue weighted by molar-refractivity contribution is 7.18. The number of pyridine rings is 1. The van der Waals surface area contributed by atoms with Crippen LogP contribution >= 0.6 is 11.3 Å². The zero-order valence-corrected chi connectivity index (χ0v) is 15.1. The molecule has 0 N–H and O–H groups in total. The first-order valence-corrected chi connectivity index (χ1v) is 9.59. The van der Waals surface area contributed by atoms with Crippen molar-refractivity contribution in [1.29, 1.82) is 0 Å². The fourth-order valence-corrected chi connectivity index (χ4v) is 4.51. The van der Waals surface area contributed by atoms with E-state index in [9.17, 15) is 9.59 Å². The summed E-state index contributed by atoms with van der Waals surface area (Å²) in [6, 6.07) is 5.62. The van der Waals surface area contributed by atoms with E-state index >= 15 is 0 Å². The molecule has 0 bridgehead atoms. The van der Waals surface area contributed by atoms with Crippen molar-refractivity contribution in [3.8, 4) is 0 Å². The fraction of sp³-hybridized carbons (Fsp3) is 0.368. The van der Waals surface area contributed by atoms with Gasteiger partial charge in [0.2, 0.25) is 0 Å². The maximum atomic E-state index is 12.8. The lowest BCUT2D eigenvalue weighted by Gasteiger charge is -2.10. The summed E-state index contributed by atoms with van der Waals surface area (Å²) in [6.07, 6.45) is 7.91. The summed E-state index contributed by atoms with van der Waals surface area (Å²) in [5, 5.41) is 0.688. The minimum absolute atomic E-state index is 0.116. The molecule has 0 aromatic carbocycles. The lowest BCUT2D eigenvalue weighted by Crippen LogP contribution is -2.26. The summed E-state index contributed by atoms with van der Waals surface area (Å²) < 4.78 is 6.60. The number of nitrogens with zero attached hydrogens (tertiary/aromatic N) is 3. The molecule has 0 radical (unpaired) electrons. The highest BCUT2D eigenvalue weighted by Gasteiger charge is 2.20. The molecule has 134 valence electrons. The molecule has 3 aromatic heterocycles. The average molecular weight is 369 g/mol. The quantitative estimate of drug-likeness (QED) is 0.646. The second kappa shape index (κ2) is 7.37. The number of hydrogen-bond donors (Lipinski definition) is 0. The number of hydrogen-bond acceptors (Lipinski definition) is 6. The molecular formula is C19H19N3O3S. The molecule has 1 aliphatic carbocycles. The van der Waals surface area contributed by atoms with E-state index < -0.39 is 5.97 Å². The smallest absolute Gasteiger partial charge is 0.326 e. The minimum Gasteiger partial charge on any atom is -0.464 e. The lowest BCUT2D eigenvalue weighted by atomic mass is 9.97. The van der Waals surface area contributed by atoms with Crippen LogP contribution in [0.15, 0.2) is 35.5 Å². The molecule has 0 fully saturated rings. The summed E-state index contributed by atoms with van der Waals surface area (Å²) in [6.45, 7) is 0.128. The van der Waals surface area contributed by atoms with Crippen molar-refractivity contribution in [3.63, 3.8) is 0 Å². The van der Waals surface area contributed by atoms with E-state index in [4.69, 9.17) is 4.74 Å². The summed E-state index contributed by atoms with van der Waals surface area (Å²) in [4.78, 5) is 35.5. The maximum Gasteiger partial charge on any atom is 0.326 e. The molecule has 0 amide bonds. The lowest BCUT2D eigenvalue weighted by molar-refractivity contribution is -0.144. The number of fused-ring (bicyclic) bond motifs is 3. The van der Waals surface area contributed by atoms with Crippen LogP contribution in [0.1, 0.15) is 29.0 Å². The van der Waals surface area contributed by atoms with Crippen molar-refractivity contribution in [2.75, 3.05) is 6.61 Å². The molecule has 26 heavy (non-hydrogen) atoms. The van der Waals surface area contributed by atoms with Crippen LogP contribution in [-0.4, -0.2) is 27.1 Å². The van der Waals surface area contributed by atoms with Gasteiger partial charge in [-0.3, -0.25) is 19.1 Å². The Morgan fingerprint density at radius 2 is 2.12 bits per heavy atom. The summed E-state index contributed by atoms with van der Waals surface area (Å²) in [5.41, 5.74) is 1.85. The number of rotatable bonds is 5. The highest BCUT2D eigenvalue weighted by atomic mass is 32.1. The number of aryl methyl sites for hydroxylation is 2. The van der Waals surface area contributed by atoms with Gasteiger partial charge in [-0.25, -0.2) is 4.98 Å². The zero-order valence-electron chi connectivity index (χ0n) is 14.3. The summed E-state index contributed by atoms with van der Waals surface area (Å²) in [5.74, 6) is -0.437. The van der Waals surface area contributed by atoms with Gasteiger partial charge in [0.25, 0.3) is 5.56 Å². The first kappa shape index (κ1) is 16.9. The van der Waals surface area contributed by atoms with Crippen molar-refractivity contribution in [2.24, 2.45) is 0 Å². The van der Waals surface area contributed by atoms with Crippen molar-refractivity contribution in [2.45, 2.75) is 38.6 Å². The molecule has 0 atom stereocenters. The van der Waals surface area contributed by atoms with Crippen molar-refractivity contribution < 1.29 is 9.53 Å². The Balaban J connectivity index is 1.46. The van der Waals surface area contributed by atoms with Crippen LogP contribution in [0.5, 0.6) is 0 Å². The number of esters is 1. The van der Waals surface area contributed by atoms with Gasteiger partial charge in [0.1, 0.15) is 11.4 Å². The average Bonchev–Trinajstić information content (AvgIpc) is 3.04. The summed E-state index contributed by atoms with van der Waals surface area (Å²) >= 11 is 1.61. The first-order valence-electron chi connectivity index (χ1n) is 8.77. The van der Waals surface area contributed by atoms with Gasteiger partial charge in [-0.2, -0.15) is 0 Å². The van der Waals surface area contributed by atoms with E-state index in [0.29, 0.717) is 11.8 Å². The second-order valence-corrected chi connectivity index (χ2v) is 7.44. The van der Waals surface area contributed by atoms with Crippen molar-refractivity contribution >= 4 is 27.5 Å². The van der Waals surface area contributed by atoms with Gasteiger partial charge in [0.15, 0.2) is 0 Å². The molecule has 1 aliphatic rings. The molecule has 0 saturated heterocycles. The molecule has 0 aliphatic heterocycles. The van der Waals surface area contributed by atoms with E-state index in [1.165, 1.54) is 15.8 Å². The highest BCUT2D eigenvalue weighted by Crippen LogP contribution is 2.33. The van der Waals surface area contributed by atoms with Crippen LogP contribution in [0, 0.1) is 0 Å². The topological polar surface area (TPSA) is 74.1 Å². The van der Waals surface area contributed by atoms with Crippen LogP contribution in [0.4, 0.5) is 0 Å². The molecule has 3 aromatic rings. The number of thiophene rings is 1. The van der Waals surface area contributed by atoms with Gasteiger partial charge in [-0.1, -0.05) is 6.07 Å². The molecule has 0 unspecified atom stereocenters. The molecule has 6 nitrogen and oxygen atoms in total. The molecule has 7 heteroatoms. The normalized spacial score (nSPS) is 13.5. The Morgan fingerprint density at radius 3 is 2.96 bits per heavy atom. The van der Waals surface area contributed by atoms with E-state index in [0.717, 1.165) is 41.8 Å². The minimum atomic E-state index is -0.437. The van der Waals surface area contributed by atoms with Crippen LogP contribution in [-0.2, 0) is 35.3 Å². The summed E-state index contributed by atoms with van der Waals surface area (Å²) in [7, 11) is 0. The Kier molecular flexibility index (Phi) is 4.79. The van der Waals surface area contributed by atoms with E-state index in [2.05, 4.69) is 9.97 Å².